The van der Waals surface area contributed by atoms with Gasteiger partial charge in [-0.3, -0.25) is 0 Å². The fourth-order valence-corrected chi connectivity index (χ4v) is 4.15. The molecule has 25 heavy (non-hydrogen) atoms. The van der Waals surface area contributed by atoms with Crippen LogP contribution in [0.25, 0.3) is 10.8 Å². The van der Waals surface area contributed by atoms with Gasteiger partial charge in [0.1, 0.15) is 29.5 Å². The lowest BCUT2D eigenvalue weighted by Crippen LogP contribution is -2.55. The van der Waals surface area contributed by atoms with E-state index in [4.69, 9.17) is 14.2 Å². The second-order valence-electron chi connectivity index (χ2n) is 6.69. The summed E-state index contributed by atoms with van der Waals surface area (Å²) in [6.45, 7) is 0. The van der Waals surface area contributed by atoms with E-state index in [1.807, 2.05) is 42.5 Å². The maximum atomic E-state index is 11.0. The summed E-state index contributed by atoms with van der Waals surface area (Å²) in [5.41, 5.74) is 1.23. The molecule has 5 nitrogen and oxygen atoms in total. The highest BCUT2D eigenvalue weighted by Crippen LogP contribution is 2.59. The lowest BCUT2D eigenvalue weighted by molar-refractivity contribution is -0.206. The van der Waals surface area contributed by atoms with Crippen molar-refractivity contribution in [2.24, 2.45) is 0 Å². The molecule has 1 aliphatic carbocycles. The molecule has 0 radical (unpaired) electrons. The molecule has 3 aromatic rings. The van der Waals surface area contributed by atoms with E-state index in [0.29, 0.717) is 22.6 Å². The number of benzene rings is 3. The number of aliphatic hydroxyl groups excluding tert-OH is 1. The lowest BCUT2D eigenvalue weighted by Gasteiger charge is -2.43. The average molecular weight is 334 g/mol. The van der Waals surface area contributed by atoms with Crippen molar-refractivity contribution in [1.29, 1.82) is 0 Å². The molecule has 3 aliphatic rings. The van der Waals surface area contributed by atoms with Crippen LogP contribution >= 0.6 is 0 Å². The molecule has 0 amide bonds. The number of phenols is 1. The van der Waals surface area contributed by atoms with Crippen molar-refractivity contribution in [3.63, 3.8) is 0 Å². The van der Waals surface area contributed by atoms with Crippen molar-refractivity contribution in [3.8, 4) is 17.2 Å². The van der Waals surface area contributed by atoms with Crippen molar-refractivity contribution < 1.29 is 24.4 Å². The third-order valence-electron chi connectivity index (χ3n) is 5.32. The number of aliphatic hydroxyl groups is 1. The number of ether oxygens (including phenoxy) is 3. The van der Waals surface area contributed by atoms with Gasteiger partial charge in [-0.2, -0.15) is 0 Å². The standard InChI is InChI=1S/C20H14O5/c21-12-7-3-6-11-16(12)17-18(23-17)19(22)20(11)24-13-8-1-4-10-5-2-9-14(25-20)15(10)13/h1-9,17-19,21-22H/t17-,18-,19-/m1/s1. The molecule has 0 saturated carbocycles. The Kier molecular flexibility index (Phi) is 2.30. The Morgan fingerprint density at radius 1 is 0.880 bits per heavy atom. The molecule has 1 spiro atoms. The van der Waals surface area contributed by atoms with Gasteiger partial charge in [0, 0.05) is 11.1 Å². The molecule has 2 aliphatic heterocycles. The first-order valence-corrected chi connectivity index (χ1v) is 8.25. The molecule has 3 aromatic carbocycles. The van der Waals surface area contributed by atoms with Gasteiger partial charge in [0.25, 0.3) is 0 Å². The molecule has 1 saturated heterocycles. The monoisotopic (exact) mass is 334 g/mol. The van der Waals surface area contributed by atoms with E-state index in [2.05, 4.69) is 0 Å². The van der Waals surface area contributed by atoms with Crippen LogP contribution in [0.15, 0.2) is 54.6 Å². The largest absolute Gasteiger partial charge is 0.508 e. The molecule has 124 valence electrons. The minimum absolute atomic E-state index is 0.126. The number of epoxide rings is 1. The Bertz CT molecular complexity index is 1000. The van der Waals surface area contributed by atoms with Gasteiger partial charge in [-0.25, -0.2) is 0 Å². The van der Waals surface area contributed by atoms with Gasteiger partial charge in [-0.15, -0.1) is 0 Å². The average Bonchev–Trinajstić information content (AvgIpc) is 3.41. The quantitative estimate of drug-likeness (QED) is 0.619. The summed E-state index contributed by atoms with van der Waals surface area (Å²) < 4.78 is 18.1. The summed E-state index contributed by atoms with van der Waals surface area (Å²) in [5, 5.41) is 23.2. The smallest absolute Gasteiger partial charge is 0.307 e. The van der Waals surface area contributed by atoms with Crippen molar-refractivity contribution in [2.75, 3.05) is 0 Å². The van der Waals surface area contributed by atoms with E-state index in [1.165, 1.54) is 0 Å². The minimum Gasteiger partial charge on any atom is -0.508 e. The van der Waals surface area contributed by atoms with Crippen LogP contribution in [0.3, 0.4) is 0 Å². The van der Waals surface area contributed by atoms with Crippen LogP contribution in [-0.4, -0.2) is 22.4 Å². The number of rotatable bonds is 0. The van der Waals surface area contributed by atoms with Gasteiger partial charge in [-0.1, -0.05) is 36.4 Å². The Hall–Kier alpha value is -2.76. The van der Waals surface area contributed by atoms with Crippen LogP contribution in [0, 0.1) is 0 Å². The maximum Gasteiger partial charge on any atom is 0.307 e. The van der Waals surface area contributed by atoms with Gasteiger partial charge in [-0.05, 0) is 23.6 Å². The van der Waals surface area contributed by atoms with Crippen LogP contribution in [0.2, 0.25) is 0 Å². The summed E-state index contributed by atoms with van der Waals surface area (Å²) in [6.07, 6.45) is -1.78. The summed E-state index contributed by atoms with van der Waals surface area (Å²) in [5.74, 6) is -0.0203. The number of aromatic hydroxyl groups is 1. The molecular formula is C20H14O5. The van der Waals surface area contributed by atoms with Gasteiger partial charge in [0.2, 0.25) is 0 Å². The topological polar surface area (TPSA) is 71.5 Å². The number of hydrogen-bond donors (Lipinski definition) is 2. The molecule has 1 fully saturated rings. The van der Waals surface area contributed by atoms with E-state index in [9.17, 15) is 10.2 Å². The molecule has 2 N–H and O–H groups in total. The molecule has 0 aromatic heterocycles. The van der Waals surface area contributed by atoms with Crippen LogP contribution in [0.1, 0.15) is 17.2 Å². The second kappa shape index (κ2) is 4.25. The fraction of sp³-hybridized carbons (Fsp3) is 0.200. The first-order valence-electron chi connectivity index (χ1n) is 8.25. The molecule has 3 atom stereocenters. The van der Waals surface area contributed by atoms with E-state index in [-0.39, 0.29) is 11.9 Å². The number of fused-ring (bicyclic) bond motifs is 4. The minimum atomic E-state index is -1.44. The highest BCUT2D eigenvalue weighted by molar-refractivity contribution is 5.94. The highest BCUT2D eigenvalue weighted by atomic mass is 16.7. The zero-order chi connectivity index (χ0) is 16.8. The Morgan fingerprint density at radius 2 is 1.56 bits per heavy atom. The third-order valence-corrected chi connectivity index (χ3v) is 5.32. The van der Waals surface area contributed by atoms with Crippen molar-refractivity contribution in [2.45, 2.75) is 24.1 Å². The Balaban J connectivity index is 1.64. The van der Waals surface area contributed by atoms with Gasteiger partial charge < -0.3 is 24.4 Å². The second-order valence-corrected chi connectivity index (χ2v) is 6.69. The van der Waals surface area contributed by atoms with Crippen molar-refractivity contribution in [1.82, 2.24) is 0 Å². The molecule has 6 rings (SSSR count). The number of phenolic OH excluding ortho intramolecular Hbond substituents is 1. The summed E-state index contributed by atoms with van der Waals surface area (Å²) >= 11 is 0. The first kappa shape index (κ1) is 13.5. The van der Waals surface area contributed by atoms with Gasteiger partial charge >= 0.3 is 5.79 Å². The van der Waals surface area contributed by atoms with Crippen LogP contribution < -0.4 is 9.47 Å². The molecule has 2 heterocycles. The highest BCUT2D eigenvalue weighted by Gasteiger charge is 2.66. The van der Waals surface area contributed by atoms with Crippen LogP contribution in [-0.2, 0) is 10.5 Å². The van der Waals surface area contributed by atoms with Gasteiger partial charge in [0.15, 0.2) is 6.10 Å². The third kappa shape index (κ3) is 1.55. The maximum absolute atomic E-state index is 11.0. The van der Waals surface area contributed by atoms with E-state index >= 15 is 0 Å². The van der Waals surface area contributed by atoms with Crippen LogP contribution in [0.4, 0.5) is 0 Å². The predicted molar refractivity (Wildman–Crippen MR) is 88.6 cm³/mol. The van der Waals surface area contributed by atoms with Crippen molar-refractivity contribution in [3.05, 3.63) is 65.7 Å². The molecule has 0 unspecified atom stereocenters. The van der Waals surface area contributed by atoms with E-state index < -0.39 is 18.0 Å². The zero-order valence-electron chi connectivity index (χ0n) is 13.0. The fourth-order valence-electron chi connectivity index (χ4n) is 4.15. The SMILES string of the molecule is Oc1cccc2c1[C@H]1O[C@H]1[C@@H](O)C21Oc2cccc3cccc(c23)O1. The Morgan fingerprint density at radius 3 is 2.28 bits per heavy atom. The normalized spacial score (nSPS) is 27.2. The van der Waals surface area contributed by atoms with Gasteiger partial charge in [0.05, 0.1) is 5.39 Å². The number of hydrogen-bond acceptors (Lipinski definition) is 5. The summed E-state index contributed by atoms with van der Waals surface area (Å²) in [7, 11) is 0. The van der Waals surface area contributed by atoms with Crippen molar-refractivity contribution >= 4 is 10.8 Å². The lowest BCUT2D eigenvalue weighted by atomic mass is 9.83. The van der Waals surface area contributed by atoms with E-state index in [0.717, 1.165) is 10.8 Å². The summed E-state index contributed by atoms with van der Waals surface area (Å²) in [4.78, 5) is 0. The molecule has 0 bridgehead atoms. The van der Waals surface area contributed by atoms with Crippen LogP contribution in [0.5, 0.6) is 17.2 Å². The predicted octanol–water partition coefficient (Wildman–Crippen LogP) is 2.98. The Labute approximate surface area is 143 Å². The molecule has 5 heteroatoms. The molecular weight excluding hydrogens is 320 g/mol. The van der Waals surface area contributed by atoms with E-state index in [1.54, 1.807) is 12.1 Å². The summed E-state index contributed by atoms with van der Waals surface area (Å²) in [6, 6.07) is 16.7. The first-order chi connectivity index (χ1) is 12.2. The zero-order valence-corrected chi connectivity index (χ0v) is 13.0.